The number of aromatic nitrogens is 2. The highest BCUT2D eigenvalue weighted by atomic mass is 19.1. The summed E-state index contributed by atoms with van der Waals surface area (Å²) in [4.78, 5) is 10.3. The molecule has 2 heterocycles. The van der Waals surface area contributed by atoms with Crippen molar-refractivity contribution >= 4 is 17.7 Å². The number of nitrogens with zero attached hydrogens (tertiary/aromatic N) is 3. The molecular weight excluding hydrogens is 481 g/mol. The van der Waals surface area contributed by atoms with E-state index < -0.39 is 5.82 Å². The Morgan fingerprint density at radius 1 is 0.921 bits per heavy atom. The van der Waals surface area contributed by atoms with Crippen molar-refractivity contribution in [3.8, 4) is 11.8 Å². The summed E-state index contributed by atoms with van der Waals surface area (Å²) in [6.07, 6.45) is 4.57. The number of hydrogen-bond acceptors (Lipinski definition) is 7. The van der Waals surface area contributed by atoms with Gasteiger partial charge < -0.3 is 25.5 Å². The van der Waals surface area contributed by atoms with E-state index in [9.17, 15) is 4.39 Å². The zero-order valence-corrected chi connectivity index (χ0v) is 24.1. The molecule has 0 aliphatic rings. The van der Waals surface area contributed by atoms with Crippen molar-refractivity contribution in [1.29, 1.82) is 5.41 Å². The summed E-state index contributed by atoms with van der Waals surface area (Å²) in [6, 6.07) is 14.4. The molecule has 0 aliphatic heterocycles. The number of benzene rings is 1. The highest BCUT2D eigenvalue weighted by Gasteiger charge is 2.09. The van der Waals surface area contributed by atoms with E-state index in [0.29, 0.717) is 17.6 Å². The second-order valence-corrected chi connectivity index (χ2v) is 7.65. The van der Waals surface area contributed by atoms with E-state index in [4.69, 9.17) is 20.6 Å². The summed E-state index contributed by atoms with van der Waals surface area (Å²) >= 11 is 0. The summed E-state index contributed by atoms with van der Waals surface area (Å²) in [6.45, 7) is 16.8. The van der Waals surface area contributed by atoms with Gasteiger partial charge >= 0.3 is 0 Å². The van der Waals surface area contributed by atoms with Gasteiger partial charge in [0.1, 0.15) is 24.8 Å². The zero-order valence-electron chi connectivity index (χ0n) is 24.1. The maximum atomic E-state index is 12.8. The normalized spacial score (nSPS) is 9.37. The molecule has 0 radical (unpaired) electrons. The fourth-order valence-electron chi connectivity index (χ4n) is 3.18. The summed E-state index contributed by atoms with van der Waals surface area (Å²) in [5, 5.41) is 6.92. The van der Waals surface area contributed by atoms with Crippen LogP contribution in [-0.2, 0) is 0 Å². The largest absolute Gasteiger partial charge is 0.474 e. The third-order valence-electron chi connectivity index (χ3n) is 4.65. The Balaban J connectivity index is 0.000000875. The van der Waals surface area contributed by atoms with Crippen molar-refractivity contribution in [2.24, 2.45) is 0 Å². The minimum Gasteiger partial charge on any atom is -0.474 e. The van der Waals surface area contributed by atoms with Gasteiger partial charge in [-0.05, 0) is 31.4 Å². The molecule has 38 heavy (non-hydrogen) atoms. The fourth-order valence-corrected chi connectivity index (χ4v) is 3.18. The quantitative estimate of drug-likeness (QED) is 0.200. The summed E-state index contributed by atoms with van der Waals surface area (Å²) < 4.78 is 23.8. The standard InChI is InChI=1S/C18H25FN4O2.C8H9N.2C2H6/c1-3-7-23(8-4-2)15-11-16(20)22-18(12-15)25-10-9-24-17-6-5-14(19)13-21-17;1-7-3-2-4-8(5-7)6-9;2*1-2/h5-6,11-13H,3-4,7-10H2,1-2H3,(H2,20,22);2-6,9H,1H3;2*1-2H3. The number of nitrogens with two attached hydrogens (primary N) is 1. The third kappa shape index (κ3) is 14.2. The maximum absolute atomic E-state index is 12.8. The number of aryl methyl sites for hydroxylation is 1. The van der Waals surface area contributed by atoms with Gasteiger partial charge in [0.2, 0.25) is 11.8 Å². The van der Waals surface area contributed by atoms with E-state index in [1.807, 2.05) is 71.0 Å². The number of nitrogen functional groups attached to an aromatic ring is 1. The molecule has 3 N–H and O–H groups in total. The van der Waals surface area contributed by atoms with Crippen LogP contribution in [0.4, 0.5) is 15.9 Å². The highest BCUT2D eigenvalue weighted by Crippen LogP contribution is 2.23. The molecule has 1 aromatic carbocycles. The first-order chi connectivity index (χ1) is 18.4. The van der Waals surface area contributed by atoms with Crippen LogP contribution in [0.5, 0.6) is 11.8 Å². The van der Waals surface area contributed by atoms with E-state index in [0.717, 1.165) is 43.4 Å². The third-order valence-corrected chi connectivity index (χ3v) is 4.65. The van der Waals surface area contributed by atoms with Gasteiger partial charge in [-0.2, -0.15) is 4.98 Å². The van der Waals surface area contributed by atoms with Crippen LogP contribution in [0.15, 0.2) is 54.7 Å². The predicted molar refractivity (Wildman–Crippen MR) is 158 cm³/mol. The first-order valence-corrected chi connectivity index (χ1v) is 13.4. The molecule has 0 unspecified atom stereocenters. The van der Waals surface area contributed by atoms with Gasteiger partial charge in [-0.3, -0.25) is 0 Å². The van der Waals surface area contributed by atoms with Crippen molar-refractivity contribution in [3.63, 3.8) is 0 Å². The minimum atomic E-state index is -0.399. The molecule has 3 aromatic rings. The second kappa shape index (κ2) is 21.4. The van der Waals surface area contributed by atoms with Crippen molar-refractivity contribution in [2.45, 2.75) is 61.3 Å². The van der Waals surface area contributed by atoms with Gasteiger partial charge in [-0.15, -0.1) is 0 Å². The average Bonchev–Trinajstić information content (AvgIpc) is 2.94. The van der Waals surface area contributed by atoms with E-state index in [1.165, 1.54) is 23.9 Å². The molecule has 0 fully saturated rings. The molecular formula is C30H46FN5O2. The minimum absolute atomic E-state index is 0.276. The number of halogens is 1. The molecule has 210 valence electrons. The Bertz CT molecular complexity index is 1010. The van der Waals surface area contributed by atoms with Crippen LogP contribution in [0.2, 0.25) is 0 Å². The molecule has 0 aliphatic carbocycles. The number of pyridine rings is 2. The molecule has 0 saturated heterocycles. The van der Waals surface area contributed by atoms with Crippen LogP contribution in [-0.4, -0.2) is 42.5 Å². The number of hydrogen-bond donors (Lipinski definition) is 2. The molecule has 7 nitrogen and oxygen atoms in total. The summed E-state index contributed by atoms with van der Waals surface area (Å²) in [5.74, 6) is 0.834. The van der Waals surface area contributed by atoms with Crippen LogP contribution < -0.4 is 20.1 Å². The number of nitrogens with one attached hydrogen (secondary N) is 1. The Kier molecular flexibility index (Phi) is 19.3. The lowest BCUT2D eigenvalue weighted by Crippen LogP contribution is -2.25. The topological polar surface area (TPSA) is 97.3 Å². The van der Waals surface area contributed by atoms with Gasteiger partial charge in [0, 0.05) is 43.2 Å². The molecule has 3 rings (SSSR count). The van der Waals surface area contributed by atoms with Crippen LogP contribution in [0, 0.1) is 18.2 Å². The lowest BCUT2D eigenvalue weighted by atomic mass is 10.2. The zero-order chi connectivity index (χ0) is 28.8. The molecule has 0 atom stereocenters. The molecule has 0 saturated carbocycles. The van der Waals surface area contributed by atoms with Gasteiger partial charge in [0.15, 0.2) is 0 Å². The summed E-state index contributed by atoms with van der Waals surface area (Å²) in [7, 11) is 0. The summed E-state index contributed by atoms with van der Waals surface area (Å²) in [5.41, 5.74) is 9.08. The van der Waals surface area contributed by atoms with E-state index >= 15 is 0 Å². The van der Waals surface area contributed by atoms with Crippen LogP contribution in [0.3, 0.4) is 0 Å². The maximum Gasteiger partial charge on any atom is 0.217 e. The second-order valence-electron chi connectivity index (χ2n) is 7.65. The van der Waals surface area contributed by atoms with Crippen molar-refractivity contribution < 1.29 is 13.9 Å². The smallest absolute Gasteiger partial charge is 0.217 e. The van der Waals surface area contributed by atoms with Gasteiger partial charge in [-0.25, -0.2) is 9.37 Å². The SMILES string of the molecule is CC.CC.CCCN(CCC)c1cc(N)nc(OCCOc2ccc(F)cn2)c1.Cc1cccc(C=N)c1. The lowest BCUT2D eigenvalue weighted by Gasteiger charge is -2.24. The molecule has 0 spiro atoms. The average molecular weight is 528 g/mol. The lowest BCUT2D eigenvalue weighted by molar-refractivity contribution is 0.207. The molecule has 2 aromatic heterocycles. The number of ether oxygens (including phenoxy) is 2. The fraction of sp³-hybridized carbons (Fsp3) is 0.433. The van der Waals surface area contributed by atoms with Crippen molar-refractivity contribution in [1.82, 2.24) is 9.97 Å². The van der Waals surface area contributed by atoms with Crippen molar-refractivity contribution in [2.75, 3.05) is 36.9 Å². The van der Waals surface area contributed by atoms with Crippen LogP contribution in [0.1, 0.15) is 65.5 Å². The Morgan fingerprint density at radius 3 is 2.05 bits per heavy atom. The van der Waals surface area contributed by atoms with Crippen LogP contribution in [0.25, 0.3) is 0 Å². The van der Waals surface area contributed by atoms with Gasteiger partial charge in [0.25, 0.3) is 0 Å². The Labute approximate surface area is 228 Å². The Hall–Kier alpha value is -3.68. The predicted octanol–water partition coefficient (Wildman–Crippen LogP) is 7.33. The number of anilines is 2. The van der Waals surface area contributed by atoms with E-state index in [1.54, 1.807) is 0 Å². The molecule has 0 amide bonds. The number of rotatable bonds is 11. The monoisotopic (exact) mass is 527 g/mol. The van der Waals surface area contributed by atoms with Crippen LogP contribution >= 0.6 is 0 Å². The van der Waals surface area contributed by atoms with Crippen molar-refractivity contribution in [3.05, 3.63) is 71.7 Å². The first kappa shape index (κ1) is 34.3. The first-order valence-electron chi connectivity index (χ1n) is 13.4. The van der Waals surface area contributed by atoms with Gasteiger partial charge in [-0.1, -0.05) is 71.4 Å². The van der Waals surface area contributed by atoms with E-state index in [-0.39, 0.29) is 13.2 Å². The van der Waals surface area contributed by atoms with E-state index in [2.05, 4.69) is 28.7 Å². The molecule has 8 heteroatoms. The highest BCUT2D eigenvalue weighted by molar-refractivity contribution is 5.76. The Morgan fingerprint density at radius 2 is 1.55 bits per heavy atom. The van der Waals surface area contributed by atoms with Gasteiger partial charge in [0.05, 0.1) is 6.20 Å². The molecule has 0 bridgehead atoms.